The van der Waals surface area contributed by atoms with Gasteiger partial charge >= 0.3 is 11.7 Å². The molecule has 7 heteroatoms. The molecule has 0 spiro atoms. The van der Waals surface area contributed by atoms with Crippen LogP contribution in [0.4, 0.5) is 5.69 Å². The van der Waals surface area contributed by atoms with Gasteiger partial charge in [-0.25, -0.2) is 9.59 Å². The number of anilines is 1. The first-order valence-electron chi connectivity index (χ1n) is 5.31. The van der Waals surface area contributed by atoms with Crippen molar-refractivity contribution in [3.8, 4) is 0 Å². The van der Waals surface area contributed by atoms with Crippen molar-refractivity contribution in [2.75, 3.05) is 5.32 Å². The number of nitrogens with zero attached hydrogens (tertiary/aromatic N) is 2. The molecule has 1 aromatic carbocycles. The molecular weight excluding hydrogens is 238 g/mol. The first kappa shape index (κ1) is 10.6. The van der Waals surface area contributed by atoms with Crippen molar-refractivity contribution >= 4 is 28.6 Å². The van der Waals surface area contributed by atoms with Crippen molar-refractivity contribution in [3.05, 3.63) is 28.7 Å². The van der Waals surface area contributed by atoms with Crippen molar-refractivity contribution < 1.29 is 14.4 Å². The van der Waals surface area contributed by atoms with Gasteiger partial charge in [-0.3, -0.25) is 9.36 Å². The number of benzene rings is 1. The number of hydrogen-bond donors (Lipinski definition) is 1. The molecule has 1 aliphatic rings. The Morgan fingerprint density at radius 1 is 1.39 bits per heavy atom. The van der Waals surface area contributed by atoms with E-state index in [-0.39, 0.29) is 12.5 Å². The molecule has 0 saturated heterocycles. The van der Waals surface area contributed by atoms with Crippen molar-refractivity contribution in [1.82, 2.24) is 9.30 Å². The van der Waals surface area contributed by atoms with E-state index in [2.05, 4.69) is 5.32 Å². The Kier molecular flexibility index (Phi) is 2.03. The summed E-state index contributed by atoms with van der Waals surface area (Å²) >= 11 is 0. The van der Waals surface area contributed by atoms with E-state index in [0.29, 0.717) is 16.7 Å². The largest absolute Gasteiger partial charge is 0.363 e. The Bertz CT molecular complexity index is 741. The zero-order valence-corrected chi connectivity index (χ0v) is 9.47. The van der Waals surface area contributed by atoms with E-state index in [1.165, 1.54) is 11.5 Å². The van der Waals surface area contributed by atoms with Crippen molar-refractivity contribution in [1.29, 1.82) is 0 Å². The monoisotopic (exact) mass is 247 g/mol. The molecule has 1 amide bonds. The minimum atomic E-state index is -0.597. The molecule has 92 valence electrons. The molecule has 18 heavy (non-hydrogen) atoms. The van der Waals surface area contributed by atoms with Gasteiger partial charge in [-0.15, -0.1) is 4.73 Å². The van der Waals surface area contributed by atoms with Gasteiger partial charge in [0.25, 0.3) is 0 Å². The van der Waals surface area contributed by atoms with Crippen LogP contribution in [0.15, 0.2) is 23.0 Å². The van der Waals surface area contributed by atoms with Crippen LogP contribution < -0.4 is 15.8 Å². The van der Waals surface area contributed by atoms with E-state index in [1.54, 1.807) is 18.2 Å². The van der Waals surface area contributed by atoms with Crippen LogP contribution in [0, 0.1) is 0 Å². The Morgan fingerprint density at radius 2 is 2.17 bits per heavy atom. The summed E-state index contributed by atoms with van der Waals surface area (Å²) < 4.78 is 2.19. The van der Waals surface area contributed by atoms with Crippen LogP contribution in [0.25, 0.3) is 11.0 Å². The number of rotatable bonds is 1. The predicted molar refractivity (Wildman–Crippen MR) is 62.1 cm³/mol. The molecule has 0 saturated carbocycles. The van der Waals surface area contributed by atoms with Crippen LogP contribution >= 0.6 is 0 Å². The third kappa shape index (κ3) is 1.33. The molecule has 0 aliphatic carbocycles. The zero-order chi connectivity index (χ0) is 12.9. The normalized spacial score (nSPS) is 13.5. The summed E-state index contributed by atoms with van der Waals surface area (Å²) in [6, 6.07) is 5.01. The minimum absolute atomic E-state index is 0.0827. The summed E-state index contributed by atoms with van der Waals surface area (Å²) in [5, 5.41) is 2.67. The van der Waals surface area contributed by atoms with E-state index < -0.39 is 11.7 Å². The van der Waals surface area contributed by atoms with Gasteiger partial charge in [0.05, 0.1) is 11.2 Å². The van der Waals surface area contributed by atoms with Crippen LogP contribution in [0.5, 0.6) is 0 Å². The number of carbonyl (C=O) groups is 2. The number of hydrogen-bond acceptors (Lipinski definition) is 4. The maximum atomic E-state index is 12.1. The molecule has 0 unspecified atom stereocenters. The summed E-state index contributed by atoms with van der Waals surface area (Å²) in [6.45, 7) is 1.13. The number of carbonyl (C=O) groups excluding carboxylic acids is 2. The predicted octanol–water partition coefficient (Wildman–Crippen LogP) is -0.270. The quantitative estimate of drug-likeness (QED) is 0.752. The highest BCUT2D eigenvalue weighted by molar-refractivity contribution is 6.03. The lowest BCUT2D eigenvalue weighted by Crippen LogP contribution is -2.34. The highest BCUT2D eigenvalue weighted by Gasteiger charge is 2.24. The third-order valence-corrected chi connectivity index (χ3v) is 2.70. The number of amides is 1. The number of nitrogens with one attached hydrogen (secondary N) is 1. The van der Waals surface area contributed by atoms with Crippen molar-refractivity contribution in [2.24, 2.45) is 0 Å². The number of imidazole rings is 1. The van der Waals surface area contributed by atoms with E-state index in [1.807, 2.05) is 0 Å². The van der Waals surface area contributed by atoms with E-state index >= 15 is 0 Å². The van der Waals surface area contributed by atoms with E-state index in [0.717, 1.165) is 4.73 Å². The smallest absolute Gasteiger partial charge is 0.332 e. The molecule has 7 nitrogen and oxygen atoms in total. The Morgan fingerprint density at radius 3 is 2.89 bits per heavy atom. The lowest BCUT2D eigenvalue weighted by Gasteiger charge is -2.13. The topological polar surface area (TPSA) is 82.3 Å². The molecule has 0 radical (unpaired) electrons. The maximum Gasteiger partial charge on any atom is 0.363 e. The first-order chi connectivity index (χ1) is 8.58. The second-order valence-electron chi connectivity index (χ2n) is 3.97. The Balaban J connectivity index is 2.38. The standard InChI is InChI=1S/C11H9N3O4/c1-6(15)18-14-8-4-2-3-7-10(8)13(11(14)17)5-9(16)12-7/h2-4H,5H2,1H3,(H,12,16). The Labute approximate surface area is 101 Å². The van der Waals surface area contributed by atoms with Gasteiger partial charge in [0.1, 0.15) is 12.1 Å². The summed E-state index contributed by atoms with van der Waals surface area (Å²) in [7, 11) is 0. The van der Waals surface area contributed by atoms with Gasteiger partial charge in [-0.2, -0.15) is 0 Å². The van der Waals surface area contributed by atoms with Gasteiger partial charge in [-0.1, -0.05) is 6.07 Å². The molecular formula is C11H9N3O4. The van der Waals surface area contributed by atoms with Gasteiger partial charge in [0.15, 0.2) is 0 Å². The summed E-state index contributed by atoms with van der Waals surface area (Å²) in [4.78, 5) is 39.4. The zero-order valence-electron chi connectivity index (χ0n) is 9.47. The average molecular weight is 247 g/mol. The lowest BCUT2D eigenvalue weighted by molar-refractivity contribution is -0.141. The third-order valence-electron chi connectivity index (χ3n) is 2.70. The molecule has 0 atom stereocenters. The van der Waals surface area contributed by atoms with Crippen molar-refractivity contribution in [2.45, 2.75) is 13.5 Å². The van der Waals surface area contributed by atoms with Crippen LogP contribution in [-0.4, -0.2) is 21.2 Å². The summed E-state index contributed by atoms with van der Waals surface area (Å²) in [5.41, 5.74) is 1.00. The van der Waals surface area contributed by atoms with Crippen molar-refractivity contribution in [3.63, 3.8) is 0 Å². The van der Waals surface area contributed by atoms with Crippen LogP contribution in [0.1, 0.15) is 6.92 Å². The molecule has 2 aromatic rings. The fraction of sp³-hybridized carbons (Fsp3) is 0.182. The fourth-order valence-electron chi connectivity index (χ4n) is 2.08. The second-order valence-corrected chi connectivity index (χ2v) is 3.97. The average Bonchev–Trinajstić information content (AvgIpc) is 2.56. The highest BCUT2D eigenvalue weighted by atomic mass is 16.7. The van der Waals surface area contributed by atoms with E-state index in [9.17, 15) is 14.4 Å². The van der Waals surface area contributed by atoms with Gasteiger partial charge < -0.3 is 10.2 Å². The van der Waals surface area contributed by atoms with Gasteiger partial charge in [0, 0.05) is 6.92 Å². The fourth-order valence-corrected chi connectivity index (χ4v) is 2.08. The molecule has 0 fully saturated rings. The van der Waals surface area contributed by atoms with Crippen LogP contribution in [-0.2, 0) is 16.1 Å². The molecule has 1 aliphatic heterocycles. The maximum absolute atomic E-state index is 12.1. The second kappa shape index (κ2) is 3.46. The molecule has 3 rings (SSSR count). The Hall–Kier alpha value is -2.57. The SMILES string of the molecule is CC(=O)On1c(=O)n2c3c(cccc31)NC(=O)C2. The number of aromatic nitrogens is 2. The summed E-state index contributed by atoms with van der Waals surface area (Å²) in [6.07, 6.45) is 0. The first-order valence-corrected chi connectivity index (χ1v) is 5.31. The highest BCUT2D eigenvalue weighted by Crippen LogP contribution is 2.25. The van der Waals surface area contributed by atoms with Gasteiger partial charge in [-0.05, 0) is 12.1 Å². The molecule has 2 heterocycles. The number of para-hydroxylation sites is 1. The molecule has 0 bridgehead atoms. The summed E-state index contributed by atoms with van der Waals surface area (Å²) in [5.74, 6) is -0.877. The molecule has 1 aromatic heterocycles. The van der Waals surface area contributed by atoms with Crippen LogP contribution in [0.3, 0.4) is 0 Å². The molecule has 1 N–H and O–H groups in total. The minimum Gasteiger partial charge on any atom is -0.332 e. The van der Waals surface area contributed by atoms with Gasteiger partial charge in [0.2, 0.25) is 5.91 Å². The lowest BCUT2D eigenvalue weighted by atomic mass is 10.2. The van der Waals surface area contributed by atoms with E-state index in [4.69, 9.17) is 4.84 Å². The van der Waals surface area contributed by atoms with Crippen LogP contribution in [0.2, 0.25) is 0 Å².